The summed E-state index contributed by atoms with van der Waals surface area (Å²) in [5.74, 6) is -3.22. The van der Waals surface area contributed by atoms with Crippen LogP contribution in [0.1, 0.15) is 24.1 Å². The van der Waals surface area contributed by atoms with Gasteiger partial charge in [0.2, 0.25) is 11.8 Å². The average Bonchev–Trinajstić information content (AvgIpc) is 2.65. The number of benzene rings is 2. The van der Waals surface area contributed by atoms with Crippen LogP contribution in [0.5, 0.6) is 0 Å². The molecule has 0 saturated heterocycles. The molecule has 2 aromatic rings. The molecule has 0 aliphatic rings. The number of carboxylic acid groups (broad SMARTS) is 1. The minimum atomic E-state index is -5.08. The number of alkyl halides is 3. The van der Waals surface area contributed by atoms with E-state index in [1.165, 1.54) is 6.92 Å². The second-order valence-electron chi connectivity index (χ2n) is 5.55. The Bertz CT molecular complexity index is 781. The van der Waals surface area contributed by atoms with Crippen LogP contribution in [-0.2, 0) is 20.9 Å². The first-order valence-electron chi connectivity index (χ1n) is 8.05. The van der Waals surface area contributed by atoms with E-state index in [4.69, 9.17) is 9.90 Å². The lowest BCUT2D eigenvalue weighted by Crippen LogP contribution is -2.39. The van der Waals surface area contributed by atoms with Crippen LogP contribution in [-0.4, -0.2) is 29.1 Å². The van der Waals surface area contributed by atoms with Gasteiger partial charge in [-0.1, -0.05) is 60.7 Å². The zero-order chi connectivity index (χ0) is 21.2. The van der Waals surface area contributed by atoms with Gasteiger partial charge in [-0.05, 0) is 11.1 Å². The highest BCUT2D eigenvalue weighted by molar-refractivity contribution is 5.87. The van der Waals surface area contributed by atoms with Gasteiger partial charge < -0.3 is 15.7 Å². The standard InChI is InChI=1S/C17H18N2O2.C2HF3O2/c1-13(20)19-16(15-10-6-3-7-11-15)17(21)18-12-14-8-4-2-5-9-14;3-2(4,5)1(6)7/h2-11,16H,12H2,1H3,(H,18,21)(H,19,20);(H,6,7). The summed E-state index contributed by atoms with van der Waals surface area (Å²) < 4.78 is 31.7. The molecule has 0 saturated carbocycles. The first kappa shape index (κ1) is 22.7. The summed E-state index contributed by atoms with van der Waals surface area (Å²) in [5, 5.41) is 12.7. The number of carbonyl (C=O) groups excluding carboxylic acids is 2. The monoisotopic (exact) mass is 396 g/mol. The number of nitrogens with one attached hydrogen (secondary N) is 2. The third kappa shape index (κ3) is 8.35. The quantitative estimate of drug-likeness (QED) is 0.724. The molecule has 6 nitrogen and oxygen atoms in total. The number of hydrogen-bond acceptors (Lipinski definition) is 3. The van der Waals surface area contributed by atoms with E-state index in [0.717, 1.165) is 11.1 Å². The first-order chi connectivity index (χ1) is 13.1. The Balaban J connectivity index is 0.000000480. The molecule has 9 heteroatoms. The zero-order valence-corrected chi connectivity index (χ0v) is 14.9. The summed E-state index contributed by atoms with van der Waals surface area (Å²) in [6.45, 7) is 1.84. The maximum Gasteiger partial charge on any atom is 0.490 e. The maximum atomic E-state index is 12.3. The number of carbonyl (C=O) groups is 3. The van der Waals surface area contributed by atoms with Gasteiger partial charge in [-0.25, -0.2) is 4.79 Å². The molecule has 0 heterocycles. The van der Waals surface area contributed by atoms with Gasteiger partial charge in [0.05, 0.1) is 0 Å². The second-order valence-corrected chi connectivity index (χ2v) is 5.55. The molecule has 2 amide bonds. The fraction of sp³-hybridized carbons (Fsp3) is 0.211. The third-order valence-electron chi connectivity index (χ3n) is 3.29. The molecule has 0 fully saturated rings. The predicted molar refractivity (Wildman–Crippen MR) is 95.0 cm³/mol. The largest absolute Gasteiger partial charge is 0.490 e. The summed E-state index contributed by atoms with van der Waals surface area (Å²) in [6.07, 6.45) is -5.08. The van der Waals surface area contributed by atoms with Crippen LogP contribution < -0.4 is 10.6 Å². The molecule has 28 heavy (non-hydrogen) atoms. The van der Waals surface area contributed by atoms with E-state index in [9.17, 15) is 22.8 Å². The highest BCUT2D eigenvalue weighted by atomic mass is 19.4. The summed E-state index contributed by atoms with van der Waals surface area (Å²) in [7, 11) is 0. The predicted octanol–water partition coefficient (Wildman–Crippen LogP) is 2.81. The van der Waals surface area contributed by atoms with Crippen LogP contribution in [0, 0.1) is 0 Å². The van der Waals surface area contributed by atoms with Gasteiger partial charge in [-0.3, -0.25) is 9.59 Å². The van der Waals surface area contributed by atoms with Gasteiger partial charge in [0.1, 0.15) is 6.04 Å². The summed E-state index contributed by atoms with van der Waals surface area (Å²) in [5.41, 5.74) is 1.78. The fourth-order valence-electron chi connectivity index (χ4n) is 2.04. The first-order valence-corrected chi connectivity index (χ1v) is 8.05. The number of carboxylic acids is 1. The molecule has 0 aliphatic heterocycles. The fourth-order valence-corrected chi connectivity index (χ4v) is 2.04. The third-order valence-corrected chi connectivity index (χ3v) is 3.29. The van der Waals surface area contributed by atoms with Crippen molar-refractivity contribution < 1.29 is 32.7 Å². The molecule has 2 aromatic carbocycles. The van der Waals surface area contributed by atoms with Crippen LogP contribution in [0.25, 0.3) is 0 Å². The molecule has 2 rings (SSSR count). The molecule has 0 bridgehead atoms. The Labute approximate surface area is 159 Å². The molecule has 3 N–H and O–H groups in total. The summed E-state index contributed by atoms with van der Waals surface area (Å²) in [4.78, 5) is 32.5. The van der Waals surface area contributed by atoms with Crippen molar-refractivity contribution in [1.29, 1.82) is 0 Å². The molecule has 150 valence electrons. The molecule has 0 aliphatic carbocycles. The molecular weight excluding hydrogens is 377 g/mol. The van der Waals surface area contributed by atoms with Crippen LogP contribution in [0.2, 0.25) is 0 Å². The Morgan fingerprint density at radius 1 is 0.964 bits per heavy atom. The Kier molecular flexibility index (Phi) is 8.67. The summed E-state index contributed by atoms with van der Waals surface area (Å²) >= 11 is 0. The van der Waals surface area contributed by atoms with Crippen molar-refractivity contribution in [3.63, 3.8) is 0 Å². The Morgan fingerprint density at radius 3 is 1.86 bits per heavy atom. The van der Waals surface area contributed by atoms with Gasteiger partial charge in [0, 0.05) is 13.5 Å². The Hall–Kier alpha value is -3.36. The van der Waals surface area contributed by atoms with Gasteiger partial charge in [-0.15, -0.1) is 0 Å². The highest BCUT2D eigenvalue weighted by Gasteiger charge is 2.38. The highest BCUT2D eigenvalue weighted by Crippen LogP contribution is 2.13. The molecule has 0 radical (unpaired) electrons. The van der Waals surface area contributed by atoms with Crippen LogP contribution in [0.3, 0.4) is 0 Å². The number of hydrogen-bond donors (Lipinski definition) is 3. The van der Waals surface area contributed by atoms with Crippen molar-refractivity contribution in [2.45, 2.75) is 25.7 Å². The Morgan fingerprint density at radius 2 is 1.43 bits per heavy atom. The van der Waals surface area contributed by atoms with Crippen LogP contribution in [0.4, 0.5) is 13.2 Å². The minimum absolute atomic E-state index is 0.222. The van der Waals surface area contributed by atoms with Gasteiger partial charge >= 0.3 is 12.1 Å². The lowest BCUT2D eigenvalue weighted by Gasteiger charge is -2.18. The van der Waals surface area contributed by atoms with Crippen molar-refractivity contribution in [1.82, 2.24) is 10.6 Å². The molecule has 1 unspecified atom stereocenters. The average molecular weight is 396 g/mol. The van der Waals surface area contributed by atoms with E-state index < -0.39 is 18.2 Å². The number of rotatable bonds is 5. The van der Waals surface area contributed by atoms with Crippen molar-refractivity contribution in [2.24, 2.45) is 0 Å². The van der Waals surface area contributed by atoms with Gasteiger partial charge in [0.25, 0.3) is 0 Å². The van der Waals surface area contributed by atoms with E-state index in [0.29, 0.717) is 6.54 Å². The number of aliphatic carboxylic acids is 1. The van der Waals surface area contributed by atoms with Gasteiger partial charge in [0.15, 0.2) is 0 Å². The lowest BCUT2D eigenvalue weighted by atomic mass is 10.1. The van der Waals surface area contributed by atoms with Crippen molar-refractivity contribution in [3.8, 4) is 0 Å². The van der Waals surface area contributed by atoms with E-state index in [-0.39, 0.29) is 11.8 Å². The molecule has 0 aromatic heterocycles. The SMILES string of the molecule is CC(=O)NC(C(=O)NCc1ccccc1)c1ccccc1.O=C(O)C(F)(F)F. The van der Waals surface area contributed by atoms with Crippen molar-refractivity contribution >= 4 is 17.8 Å². The van der Waals surface area contributed by atoms with E-state index >= 15 is 0 Å². The van der Waals surface area contributed by atoms with Crippen molar-refractivity contribution in [2.75, 3.05) is 0 Å². The maximum absolute atomic E-state index is 12.3. The summed E-state index contributed by atoms with van der Waals surface area (Å²) in [6, 6.07) is 18.2. The molecule has 0 spiro atoms. The van der Waals surface area contributed by atoms with Crippen LogP contribution in [0.15, 0.2) is 60.7 Å². The van der Waals surface area contributed by atoms with Gasteiger partial charge in [-0.2, -0.15) is 13.2 Å². The van der Waals surface area contributed by atoms with Crippen molar-refractivity contribution in [3.05, 3.63) is 71.8 Å². The smallest absolute Gasteiger partial charge is 0.475 e. The van der Waals surface area contributed by atoms with E-state index in [1.54, 1.807) is 0 Å². The van der Waals surface area contributed by atoms with Crippen LogP contribution >= 0.6 is 0 Å². The zero-order valence-electron chi connectivity index (χ0n) is 14.9. The van der Waals surface area contributed by atoms with E-state index in [1.807, 2.05) is 60.7 Å². The van der Waals surface area contributed by atoms with E-state index in [2.05, 4.69) is 10.6 Å². The number of amides is 2. The molecule has 1 atom stereocenters. The molecular formula is C19H19F3N2O4. The normalized spacial score (nSPS) is 11.4. The lowest BCUT2D eigenvalue weighted by molar-refractivity contribution is -0.192. The minimum Gasteiger partial charge on any atom is -0.475 e. The number of halogens is 3. The second kappa shape index (κ2) is 10.7. The topological polar surface area (TPSA) is 95.5 Å².